The van der Waals surface area contributed by atoms with E-state index in [1.54, 1.807) is 4.90 Å². The molecule has 0 radical (unpaired) electrons. The van der Waals surface area contributed by atoms with Gasteiger partial charge in [0.2, 0.25) is 5.13 Å². The van der Waals surface area contributed by atoms with Crippen molar-refractivity contribution in [3.63, 3.8) is 0 Å². The molecule has 2 aliphatic heterocycles. The van der Waals surface area contributed by atoms with Crippen LogP contribution in [0.3, 0.4) is 0 Å². The van der Waals surface area contributed by atoms with Gasteiger partial charge in [0, 0.05) is 48.9 Å². The van der Waals surface area contributed by atoms with E-state index in [2.05, 4.69) is 25.3 Å². The van der Waals surface area contributed by atoms with E-state index in [9.17, 15) is 13.6 Å². The average molecular weight is 489 g/mol. The third-order valence-electron chi connectivity index (χ3n) is 6.34. The van der Waals surface area contributed by atoms with Gasteiger partial charge in [-0.3, -0.25) is 5.10 Å². The molecular weight excluding hydrogens is 462 g/mol. The number of aromatic amines is 1. The lowest BCUT2D eigenvalue weighted by Crippen LogP contribution is -2.61. The van der Waals surface area contributed by atoms with Crippen molar-refractivity contribution in [1.82, 2.24) is 25.3 Å². The van der Waals surface area contributed by atoms with Crippen molar-refractivity contribution in [2.75, 3.05) is 31.1 Å². The van der Waals surface area contributed by atoms with Gasteiger partial charge in [-0.2, -0.15) is 5.10 Å². The summed E-state index contributed by atoms with van der Waals surface area (Å²) < 4.78 is 35.0. The van der Waals surface area contributed by atoms with E-state index in [0.717, 1.165) is 25.9 Å². The number of hydrogen-bond donors (Lipinski definition) is 1. The molecule has 2 aromatic heterocycles. The Bertz CT molecular complexity index is 1190. The zero-order valence-corrected chi connectivity index (χ0v) is 20.1. The molecule has 2 aliphatic rings. The summed E-state index contributed by atoms with van der Waals surface area (Å²) in [6.07, 6.45) is 4.48. The number of benzene rings is 1. The van der Waals surface area contributed by atoms with Gasteiger partial charge >= 0.3 is 6.09 Å². The van der Waals surface area contributed by atoms with Crippen LogP contribution < -0.4 is 4.90 Å². The number of ether oxygens (including phenoxy) is 1. The molecule has 34 heavy (non-hydrogen) atoms. The number of nitrogens with zero attached hydrogens (tertiary/aromatic N) is 5. The van der Waals surface area contributed by atoms with E-state index in [1.165, 1.54) is 35.9 Å². The first-order chi connectivity index (χ1) is 16.1. The smallest absolute Gasteiger partial charge is 0.410 e. The van der Waals surface area contributed by atoms with Crippen LogP contribution in [0, 0.1) is 17.0 Å². The monoisotopic (exact) mass is 488 g/mol. The van der Waals surface area contributed by atoms with Crippen LogP contribution in [0.2, 0.25) is 0 Å². The lowest BCUT2D eigenvalue weighted by Gasteiger charge is -2.53. The van der Waals surface area contributed by atoms with Crippen LogP contribution in [-0.2, 0) is 4.74 Å². The lowest BCUT2D eigenvalue weighted by molar-refractivity contribution is 0.00597. The number of likely N-dealkylation sites (tertiary alicyclic amines) is 1. The van der Waals surface area contributed by atoms with Crippen molar-refractivity contribution in [1.29, 1.82) is 0 Å². The number of hydrogen-bond acceptors (Lipinski definition) is 7. The van der Waals surface area contributed by atoms with Gasteiger partial charge < -0.3 is 14.5 Å². The molecule has 1 amide bonds. The van der Waals surface area contributed by atoms with Crippen LogP contribution in [0.15, 0.2) is 24.5 Å². The maximum atomic E-state index is 14.8. The Labute approximate surface area is 199 Å². The number of H-pyrrole nitrogens is 1. The standard InChI is InChI=1S/C23H26F2N6O2S/c1-22(2,3)33-21(32)30-8-6-23(7-9-30)12-31(13-23)20-29-28-19(34-20)16-5-4-15(17(24)18(16)25)14-10-26-27-11-14/h4-5,10-11H,6-9,12-13H2,1-3H3,(H,26,27). The molecule has 1 spiro atoms. The number of carbonyl (C=O) groups is 1. The number of nitrogens with one attached hydrogen (secondary N) is 1. The van der Waals surface area contributed by atoms with Gasteiger partial charge in [-0.15, -0.1) is 10.2 Å². The number of piperidine rings is 1. The van der Waals surface area contributed by atoms with Crippen molar-refractivity contribution in [3.05, 3.63) is 36.2 Å². The van der Waals surface area contributed by atoms with Crippen LogP contribution in [0.25, 0.3) is 21.7 Å². The fourth-order valence-corrected chi connectivity index (χ4v) is 5.35. The van der Waals surface area contributed by atoms with E-state index >= 15 is 0 Å². The molecule has 8 nitrogen and oxygen atoms in total. The molecule has 2 fully saturated rings. The highest BCUT2D eigenvalue weighted by molar-refractivity contribution is 7.18. The minimum Gasteiger partial charge on any atom is -0.444 e. The molecule has 1 N–H and O–H groups in total. The molecule has 180 valence electrons. The molecule has 11 heteroatoms. The number of carbonyl (C=O) groups excluding carboxylic acids is 1. The number of amides is 1. The van der Waals surface area contributed by atoms with Crippen LogP contribution >= 0.6 is 11.3 Å². The highest BCUT2D eigenvalue weighted by atomic mass is 32.1. The minimum absolute atomic E-state index is 0.0920. The Balaban J connectivity index is 1.22. The number of anilines is 1. The van der Waals surface area contributed by atoms with Crippen molar-refractivity contribution in [2.45, 2.75) is 39.2 Å². The Kier molecular flexibility index (Phi) is 5.54. The zero-order valence-electron chi connectivity index (χ0n) is 19.3. The number of rotatable bonds is 3. The molecule has 0 saturated carbocycles. The molecule has 0 aliphatic carbocycles. The predicted molar refractivity (Wildman–Crippen MR) is 125 cm³/mol. The maximum absolute atomic E-state index is 14.8. The summed E-state index contributed by atoms with van der Waals surface area (Å²) in [5, 5.41) is 15.8. The molecular formula is C23H26F2N6O2S. The van der Waals surface area contributed by atoms with E-state index in [0.29, 0.717) is 28.8 Å². The second kappa shape index (κ2) is 8.30. The van der Waals surface area contributed by atoms with Crippen LogP contribution in [0.4, 0.5) is 18.7 Å². The third kappa shape index (κ3) is 4.24. The summed E-state index contributed by atoms with van der Waals surface area (Å²) in [5.74, 6) is -1.88. The summed E-state index contributed by atoms with van der Waals surface area (Å²) in [5.41, 5.74) is 0.339. The Hall–Kier alpha value is -3.08. The van der Waals surface area contributed by atoms with E-state index in [-0.39, 0.29) is 22.6 Å². The van der Waals surface area contributed by atoms with Gasteiger partial charge in [-0.25, -0.2) is 13.6 Å². The summed E-state index contributed by atoms with van der Waals surface area (Å²) >= 11 is 1.25. The summed E-state index contributed by atoms with van der Waals surface area (Å²) in [7, 11) is 0. The van der Waals surface area contributed by atoms with E-state index < -0.39 is 17.2 Å². The van der Waals surface area contributed by atoms with Crippen LogP contribution in [0.1, 0.15) is 33.6 Å². The van der Waals surface area contributed by atoms with Crippen molar-refractivity contribution in [2.24, 2.45) is 5.41 Å². The van der Waals surface area contributed by atoms with Crippen molar-refractivity contribution >= 4 is 22.6 Å². The number of aromatic nitrogens is 4. The van der Waals surface area contributed by atoms with E-state index in [4.69, 9.17) is 4.74 Å². The fourth-order valence-electron chi connectivity index (χ4n) is 4.49. The van der Waals surface area contributed by atoms with Gasteiger partial charge in [0.05, 0.1) is 11.8 Å². The lowest BCUT2D eigenvalue weighted by atomic mass is 9.72. The maximum Gasteiger partial charge on any atom is 0.410 e. The molecule has 2 saturated heterocycles. The predicted octanol–water partition coefficient (Wildman–Crippen LogP) is 4.71. The van der Waals surface area contributed by atoms with E-state index in [1.807, 2.05) is 20.8 Å². The SMILES string of the molecule is CC(C)(C)OC(=O)N1CCC2(CC1)CN(c1nnc(-c3ccc(-c4cn[nH]c4)c(F)c3F)s1)C2. The third-order valence-corrected chi connectivity index (χ3v) is 7.35. The van der Waals surface area contributed by atoms with Gasteiger partial charge in [-0.05, 0) is 39.7 Å². The molecule has 0 bridgehead atoms. The summed E-state index contributed by atoms with van der Waals surface area (Å²) in [6, 6.07) is 3.05. The molecule has 4 heterocycles. The van der Waals surface area contributed by atoms with Crippen LogP contribution in [-0.4, -0.2) is 63.2 Å². The first kappa shape index (κ1) is 22.7. The zero-order chi connectivity index (χ0) is 24.1. The number of halogens is 2. The molecule has 3 aromatic rings. The summed E-state index contributed by atoms with van der Waals surface area (Å²) in [4.78, 5) is 16.2. The Morgan fingerprint density at radius 1 is 1.12 bits per heavy atom. The largest absolute Gasteiger partial charge is 0.444 e. The molecule has 1 aromatic carbocycles. The quantitative estimate of drug-likeness (QED) is 0.575. The fraction of sp³-hybridized carbons (Fsp3) is 0.478. The van der Waals surface area contributed by atoms with Gasteiger partial charge in [0.25, 0.3) is 0 Å². The Morgan fingerprint density at radius 2 is 1.79 bits per heavy atom. The minimum atomic E-state index is -0.948. The van der Waals surface area contributed by atoms with Gasteiger partial charge in [0.1, 0.15) is 5.60 Å². The second-order valence-corrected chi connectivity index (χ2v) is 10.9. The molecule has 0 unspecified atom stereocenters. The normalized spacial score (nSPS) is 17.7. The first-order valence-electron chi connectivity index (χ1n) is 11.2. The molecule has 0 atom stereocenters. The highest BCUT2D eigenvalue weighted by Crippen LogP contribution is 2.44. The van der Waals surface area contributed by atoms with Crippen molar-refractivity contribution in [3.8, 4) is 21.7 Å². The first-order valence-corrected chi connectivity index (χ1v) is 12.0. The van der Waals surface area contributed by atoms with Gasteiger partial charge in [0.15, 0.2) is 16.6 Å². The topological polar surface area (TPSA) is 87.2 Å². The summed E-state index contributed by atoms with van der Waals surface area (Å²) in [6.45, 7) is 8.54. The molecule has 5 rings (SSSR count). The van der Waals surface area contributed by atoms with Gasteiger partial charge in [-0.1, -0.05) is 17.4 Å². The van der Waals surface area contributed by atoms with Crippen LogP contribution in [0.5, 0.6) is 0 Å². The Morgan fingerprint density at radius 3 is 2.44 bits per heavy atom. The van der Waals surface area contributed by atoms with Crippen molar-refractivity contribution < 1.29 is 18.3 Å². The second-order valence-electron chi connectivity index (χ2n) is 9.99. The highest BCUT2D eigenvalue weighted by Gasteiger charge is 2.47. The average Bonchev–Trinajstić information content (AvgIpc) is 3.45.